The van der Waals surface area contributed by atoms with Crippen LogP contribution in [-0.4, -0.2) is 50.5 Å². The Kier molecular flexibility index (Phi) is 6.66. The molecule has 0 atom stereocenters. The van der Waals surface area contributed by atoms with Crippen LogP contribution in [0.15, 0.2) is 17.8 Å². The highest BCUT2D eigenvalue weighted by molar-refractivity contribution is 7.99. The van der Waals surface area contributed by atoms with Crippen LogP contribution >= 0.6 is 11.8 Å². The number of rotatable bonds is 8. The summed E-state index contributed by atoms with van der Waals surface area (Å²) >= 11 is 1.32. The molecule has 0 radical (unpaired) electrons. The van der Waals surface area contributed by atoms with Gasteiger partial charge < -0.3 is 10.6 Å². The Morgan fingerprint density at radius 3 is 2.90 bits per heavy atom. The van der Waals surface area contributed by atoms with Crippen LogP contribution in [0.1, 0.15) is 20.8 Å². The van der Waals surface area contributed by atoms with Crippen molar-refractivity contribution >= 4 is 17.7 Å². The zero-order chi connectivity index (χ0) is 15.0. The number of tetrazole rings is 1. The number of amides is 1. The third kappa shape index (κ3) is 6.67. The average molecular weight is 298 g/mol. The van der Waals surface area contributed by atoms with Gasteiger partial charge in [0.1, 0.15) is 0 Å². The van der Waals surface area contributed by atoms with Crippen LogP contribution in [0.2, 0.25) is 0 Å². The van der Waals surface area contributed by atoms with E-state index in [1.54, 1.807) is 10.8 Å². The zero-order valence-electron chi connectivity index (χ0n) is 12.2. The van der Waals surface area contributed by atoms with Crippen molar-refractivity contribution in [2.45, 2.75) is 38.0 Å². The molecule has 0 aliphatic rings. The fourth-order valence-corrected chi connectivity index (χ4v) is 2.08. The predicted octanol–water partition coefficient (Wildman–Crippen LogP) is 0.455. The highest BCUT2D eigenvalue weighted by atomic mass is 32.2. The normalized spacial score (nSPS) is 11.3. The van der Waals surface area contributed by atoms with Crippen LogP contribution in [0.25, 0.3) is 0 Å². The molecule has 1 heterocycles. The van der Waals surface area contributed by atoms with Gasteiger partial charge in [-0.1, -0.05) is 17.8 Å². The molecule has 1 aromatic heterocycles. The highest BCUT2D eigenvalue weighted by Crippen LogP contribution is 2.12. The predicted molar refractivity (Wildman–Crippen MR) is 79.5 cm³/mol. The molecule has 0 saturated heterocycles. The molecule has 0 aliphatic carbocycles. The molecule has 112 valence electrons. The second kappa shape index (κ2) is 8.01. The smallest absolute Gasteiger partial charge is 0.230 e. The molecule has 0 saturated carbocycles. The van der Waals surface area contributed by atoms with Gasteiger partial charge in [-0.2, -0.15) is 0 Å². The Morgan fingerprint density at radius 1 is 1.50 bits per heavy atom. The molecule has 0 fully saturated rings. The molecule has 0 unspecified atom stereocenters. The molecule has 0 spiro atoms. The van der Waals surface area contributed by atoms with E-state index in [1.807, 2.05) is 0 Å². The molecule has 0 aliphatic heterocycles. The topological polar surface area (TPSA) is 84.7 Å². The fraction of sp³-hybridized carbons (Fsp3) is 0.667. The first-order valence-electron chi connectivity index (χ1n) is 6.44. The maximum Gasteiger partial charge on any atom is 0.230 e. The largest absolute Gasteiger partial charge is 0.352 e. The molecule has 1 rings (SSSR count). The summed E-state index contributed by atoms with van der Waals surface area (Å²) in [6.45, 7) is 11.8. The zero-order valence-corrected chi connectivity index (χ0v) is 13.0. The van der Waals surface area contributed by atoms with Gasteiger partial charge in [0.15, 0.2) is 0 Å². The number of hydrogen-bond donors (Lipinski definition) is 2. The third-order valence-electron chi connectivity index (χ3n) is 2.25. The standard InChI is InChI=1S/C12H22N6OS/c1-5-6-13-10(19)9-20-11-15-16-17-18(11)8-7-14-12(2,3)4/h5,14H,1,6-9H2,2-4H3,(H,13,19). The third-order valence-corrected chi connectivity index (χ3v) is 3.21. The van der Waals surface area contributed by atoms with Gasteiger partial charge in [0.05, 0.1) is 12.3 Å². The Balaban J connectivity index is 2.38. The van der Waals surface area contributed by atoms with Crippen LogP contribution in [0, 0.1) is 0 Å². The molecule has 7 nitrogen and oxygen atoms in total. The summed E-state index contributed by atoms with van der Waals surface area (Å²) in [6, 6.07) is 0. The van der Waals surface area contributed by atoms with Crippen LogP contribution < -0.4 is 10.6 Å². The maximum atomic E-state index is 11.5. The fourth-order valence-electron chi connectivity index (χ4n) is 1.34. The first kappa shape index (κ1) is 16.6. The number of nitrogens with one attached hydrogen (secondary N) is 2. The van der Waals surface area contributed by atoms with Gasteiger partial charge in [0.25, 0.3) is 0 Å². The van der Waals surface area contributed by atoms with Crippen LogP contribution in [0.3, 0.4) is 0 Å². The second-order valence-corrected chi connectivity index (χ2v) is 6.19. The minimum atomic E-state index is -0.0581. The summed E-state index contributed by atoms with van der Waals surface area (Å²) in [5.41, 5.74) is 0.0614. The summed E-state index contributed by atoms with van der Waals surface area (Å²) in [4.78, 5) is 11.5. The molecule has 2 N–H and O–H groups in total. The van der Waals surface area contributed by atoms with E-state index in [9.17, 15) is 4.79 Å². The summed E-state index contributed by atoms with van der Waals surface area (Å²) in [6.07, 6.45) is 1.64. The number of nitrogens with zero attached hydrogens (tertiary/aromatic N) is 4. The van der Waals surface area contributed by atoms with Crippen molar-refractivity contribution in [1.29, 1.82) is 0 Å². The Hall–Kier alpha value is -1.41. The van der Waals surface area contributed by atoms with E-state index in [-0.39, 0.29) is 11.4 Å². The molecule has 20 heavy (non-hydrogen) atoms. The lowest BCUT2D eigenvalue weighted by Gasteiger charge is -2.20. The summed E-state index contributed by atoms with van der Waals surface area (Å²) in [5, 5.41) is 18.2. The number of aromatic nitrogens is 4. The molecule has 1 aromatic rings. The van der Waals surface area contributed by atoms with Crippen LogP contribution in [0.4, 0.5) is 0 Å². The van der Waals surface area contributed by atoms with Crippen molar-refractivity contribution in [1.82, 2.24) is 30.8 Å². The lowest BCUT2D eigenvalue weighted by molar-refractivity contribution is -0.118. The van der Waals surface area contributed by atoms with Gasteiger partial charge in [0.2, 0.25) is 11.1 Å². The first-order valence-corrected chi connectivity index (χ1v) is 7.42. The van der Waals surface area contributed by atoms with Gasteiger partial charge >= 0.3 is 0 Å². The van der Waals surface area contributed by atoms with E-state index in [0.717, 1.165) is 6.54 Å². The van der Waals surface area contributed by atoms with E-state index in [1.165, 1.54) is 11.8 Å². The molecule has 8 heteroatoms. The van der Waals surface area contributed by atoms with E-state index >= 15 is 0 Å². The van der Waals surface area contributed by atoms with Gasteiger partial charge in [-0.05, 0) is 31.2 Å². The van der Waals surface area contributed by atoms with Gasteiger partial charge in [-0.3, -0.25) is 4.79 Å². The van der Waals surface area contributed by atoms with Crippen molar-refractivity contribution in [3.63, 3.8) is 0 Å². The van der Waals surface area contributed by atoms with E-state index < -0.39 is 0 Å². The highest BCUT2D eigenvalue weighted by Gasteiger charge is 2.11. The summed E-state index contributed by atoms with van der Waals surface area (Å²) in [5.74, 6) is 0.234. The molecule has 0 bridgehead atoms. The number of thioether (sulfide) groups is 1. The minimum Gasteiger partial charge on any atom is -0.352 e. The Morgan fingerprint density at radius 2 is 2.25 bits per heavy atom. The Bertz CT molecular complexity index is 439. The lowest BCUT2D eigenvalue weighted by atomic mass is 10.1. The van der Waals surface area contributed by atoms with E-state index in [4.69, 9.17) is 0 Å². The first-order chi connectivity index (χ1) is 9.42. The van der Waals surface area contributed by atoms with E-state index in [2.05, 4.69) is 53.5 Å². The molecule has 0 aromatic carbocycles. The van der Waals surface area contributed by atoms with Crippen LogP contribution in [-0.2, 0) is 11.3 Å². The van der Waals surface area contributed by atoms with Crippen molar-refractivity contribution in [3.05, 3.63) is 12.7 Å². The minimum absolute atomic E-state index is 0.0581. The SMILES string of the molecule is C=CCNC(=O)CSc1nnnn1CCNC(C)(C)C. The van der Waals surface area contributed by atoms with Crippen LogP contribution in [0.5, 0.6) is 0 Å². The molecular formula is C12H22N6OS. The Labute approximate surface area is 123 Å². The van der Waals surface area contributed by atoms with E-state index in [0.29, 0.717) is 24.0 Å². The molecular weight excluding hydrogens is 276 g/mol. The number of hydrogen-bond acceptors (Lipinski definition) is 6. The quantitative estimate of drug-likeness (QED) is 0.535. The number of carbonyl (C=O) groups is 1. The second-order valence-electron chi connectivity index (χ2n) is 5.24. The van der Waals surface area contributed by atoms with Gasteiger partial charge in [0, 0.05) is 18.6 Å². The number of carbonyl (C=O) groups excluding carboxylic acids is 1. The average Bonchev–Trinajstić information content (AvgIpc) is 2.80. The maximum absolute atomic E-state index is 11.5. The summed E-state index contributed by atoms with van der Waals surface area (Å²) < 4.78 is 1.70. The molecule has 1 amide bonds. The van der Waals surface area contributed by atoms with Crippen molar-refractivity contribution < 1.29 is 4.79 Å². The summed E-state index contributed by atoms with van der Waals surface area (Å²) in [7, 11) is 0. The van der Waals surface area contributed by atoms with Crippen molar-refractivity contribution in [3.8, 4) is 0 Å². The monoisotopic (exact) mass is 298 g/mol. The van der Waals surface area contributed by atoms with Gasteiger partial charge in [-0.15, -0.1) is 11.7 Å². The lowest BCUT2D eigenvalue weighted by Crippen LogP contribution is -2.38. The van der Waals surface area contributed by atoms with Crippen molar-refractivity contribution in [2.75, 3.05) is 18.8 Å². The van der Waals surface area contributed by atoms with Crippen molar-refractivity contribution in [2.24, 2.45) is 0 Å². The van der Waals surface area contributed by atoms with Gasteiger partial charge in [-0.25, -0.2) is 4.68 Å².